The lowest BCUT2D eigenvalue weighted by Crippen LogP contribution is -2.08. The van der Waals surface area contributed by atoms with Gasteiger partial charge in [0.05, 0.1) is 6.04 Å². The summed E-state index contributed by atoms with van der Waals surface area (Å²) in [7, 11) is 0. The quantitative estimate of drug-likeness (QED) is 0.537. The van der Waals surface area contributed by atoms with Crippen LogP contribution in [0.5, 0.6) is 0 Å². The largest absolute Gasteiger partial charge is 0.224 e. The summed E-state index contributed by atoms with van der Waals surface area (Å²) >= 11 is 9.00. The van der Waals surface area contributed by atoms with Gasteiger partial charge in [-0.05, 0) is 58.1 Å². The minimum absolute atomic E-state index is 0.257. The first-order valence-electron chi connectivity index (χ1n) is 6.68. The van der Waals surface area contributed by atoms with Crippen molar-refractivity contribution in [2.75, 3.05) is 0 Å². The third-order valence-corrected chi connectivity index (χ3v) is 5.52. The van der Waals surface area contributed by atoms with Crippen molar-refractivity contribution in [3.05, 3.63) is 16.7 Å². The highest BCUT2D eigenvalue weighted by atomic mass is 35.5. The lowest BCUT2D eigenvalue weighted by molar-refractivity contribution is 0.423. The molecule has 1 aliphatic carbocycles. The van der Waals surface area contributed by atoms with Crippen LogP contribution in [0.25, 0.3) is 10.2 Å². The molecule has 0 radical (unpaired) electrons. The highest BCUT2D eigenvalue weighted by Gasteiger charge is 2.23. The zero-order valence-electron chi connectivity index (χ0n) is 10.9. The topological polar surface area (TPSA) is 69.4 Å². The lowest BCUT2D eigenvalue weighted by atomic mass is 10.3. The van der Waals surface area contributed by atoms with Crippen molar-refractivity contribution in [1.82, 2.24) is 30.2 Å². The number of tetrazole rings is 1. The van der Waals surface area contributed by atoms with E-state index < -0.39 is 0 Å². The van der Waals surface area contributed by atoms with Gasteiger partial charge >= 0.3 is 0 Å². The van der Waals surface area contributed by atoms with Crippen molar-refractivity contribution in [2.24, 2.45) is 0 Å². The van der Waals surface area contributed by atoms with E-state index in [0.717, 1.165) is 33.2 Å². The van der Waals surface area contributed by atoms with E-state index in [2.05, 4.69) is 25.5 Å². The van der Waals surface area contributed by atoms with Gasteiger partial charge in [0.15, 0.2) is 0 Å². The van der Waals surface area contributed by atoms with E-state index in [1.165, 1.54) is 24.6 Å². The Morgan fingerprint density at radius 1 is 1.29 bits per heavy atom. The summed E-state index contributed by atoms with van der Waals surface area (Å²) in [5.41, 5.74) is 0. The number of hydrogen-bond donors (Lipinski definition) is 0. The molecule has 0 bridgehead atoms. The molecule has 1 saturated carbocycles. The van der Waals surface area contributed by atoms with Gasteiger partial charge in [0.2, 0.25) is 10.4 Å². The Morgan fingerprint density at radius 3 is 3.00 bits per heavy atom. The number of nitrogens with zero attached hydrogens (tertiary/aromatic N) is 6. The van der Waals surface area contributed by atoms with Crippen LogP contribution >= 0.6 is 34.7 Å². The lowest BCUT2D eigenvalue weighted by Gasteiger charge is -2.10. The number of fused-ring (bicyclic) bond motifs is 1. The molecule has 0 spiro atoms. The third-order valence-electron chi connectivity index (χ3n) is 3.58. The smallest absolute Gasteiger partial charge is 0.217 e. The second-order valence-corrected chi connectivity index (χ2v) is 7.07. The van der Waals surface area contributed by atoms with Crippen LogP contribution in [0.15, 0.2) is 21.6 Å². The molecule has 3 heterocycles. The summed E-state index contributed by atoms with van der Waals surface area (Å²) in [5.74, 6) is 0. The predicted molar refractivity (Wildman–Crippen MR) is 81.9 cm³/mol. The molecular weight excluding hydrogens is 328 g/mol. The average molecular weight is 339 g/mol. The number of thiophene rings is 1. The Balaban J connectivity index is 1.72. The van der Waals surface area contributed by atoms with E-state index in [1.54, 1.807) is 11.3 Å². The Bertz CT molecular complexity index is 779. The average Bonchev–Trinajstić information content (AvgIpc) is 3.18. The molecule has 108 valence electrons. The van der Waals surface area contributed by atoms with Crippen molar-refractivity contribution in [3.8, 4) is 0 Å². The van der Waals surface area contributed by atoms with Gasteiger partial charge in [-0.2, -0.15) is 0 Å². The predicted octanol–water partition coefficient (Wildman–Crippen LogP) is 3.60. The summed E-state index contributed by atoms with van der Waals surface area (Å²) in [6.45, 7) is 0. The molecule has 6 nitrogen and oxygen atoms in total. The molecule has 4 rings (SSSR count). The van der Waals surface area contributed by atoms with Gasteiger partial charge in [0.25, 0.3) is 0 Å². The molecule has 1 aliphatic rings. The first kappa shape index (κ1) is 13.4. The van der Waals surface area contributed by atoms with Crippen LogP contribution in [-0.2, 0) is 0 Å². The van der Waals surface area contributed by atoms with E-state index in [0.29, 0.717) is 6.04 Å². The monoisotopic (exact) mass is 338 g/mol. The van der Waals surface area contributed by atoms with Crippen LogP contribution in [0.3, 0.4) is 0 Å². The van der Waals surface area contributed by atoms with Crippen LogP contribution in [0.4, 0.5) is 0 Å². The molecular formula is C12H11ClN6S2. The molecule has 21 heavy (non-hydrogen) atoms. The summed E-state index contributed by atoms with van der Waals surface area (Å²) < 4.78 is 1.92. The van der Waals surface area contributed by atoms with Gasteiger partial charge in [-0.25, -0.2) is 14.6 Å². The van der Waals surface area contributed by atoms with E-state index >= 15 is 0 Å². The maximum absolute atomic E-state index is 6.00. The first-order valence-corrected chi connectivity index (χ1v) is 8.75. The second-order valence-electron chi connectivity index (χ2n) is 4.88. The molecule has 9 heteroatoms. The van der Waals surface area contributed by atoms with Crippen LogP contribution < -0.4 is 0 Å². The van der Waals surface area contributed by atoms with Crippen molar-refractivity contribution in [3.63, 3.8) is 0 Å². The van der Waals surface area contributed by atoms with Crippen molar-refractivity contribution in [1.29, 1.82) is 0 Å². The molecule has 0 atom stereocenters. The zero-order valence-corrected chi connectivity index (χ0v) is 13.3. The summed E-state index contributed by atoms with van der Waals surface area (Å²) in [4.78, 5) is 9.44. The Morgan fingerprint density at radius 2 is 2.14 bits per heavy atom. The van der Waals surface area contributed by atoms with Crippen LogP contribution in [0, 0.1) is 0 Å². The van der Waals surface area contributed by atoms with Gasteiger partial charge < -0.3 is 0 Å². The number of halogens is 1. The van der Waals surface area contributed by atoms with Crippen LogP contribution in [0.2, 0.25) is 5.28 Å². The number of aromatic nitrogens is 6. The van der Waals surface area contributed by atoms with E-state index in [-0.39, 0.29) is 5.28 Å². The number of hydrogen-bond acceptors (Lipinski definition) is 7. The standard InChI is InChI=1S/C12H11ClN6S2/c13-11-14-9-8(5-6-20-9)10(15-11)21-12-16-17-18-19(12)7-3-1-2-4-7/h5-7H,1-4H2. The highest BCUT2D eigenvalue weighted by molar-refractivity contribution is 7.99. The highest BCUT2D eigenvalue weighted by Crippen LogP contribution is 2.36. The maximum Gasteiger partial charge on any atom is 0.224 e. The molecule has 0 saturated heterocycles. The number of rotatable bonds is 3. The van der Waals surface area contributed by atoms with Crippen molar-refractivity contribution < 1.29 is 0 Å². The van der Waals surface area contributed by atoms with Crippen molar-refractivity contribution in [2.45, 2.75) is 41.9 Å². The fraction of sp³-hybridized carbons (Fsp3) is 0.417. The van der Waals surface area contributed by atoms with Crippen molar-refractivity contribution >= 4 is 44.9 Å². The Hall–Kier alpha value is -1.25. The van der Waals surface area contributed by atoms with Gasteiger partial charge in [0, 0.05) is 5.39 Å². The van der Waals surface area contributed by atoms with Gasteiger partial charge in [-0.15, -0.1) is 16.4 Å². The third kappa shape index (κ3) is 2.51. The summed E-state index contributed by atoms with van der Waals surface area (Å²) in [5, 5.41) is 16.9. The fourth-order valence-corrected chi connectivity index (χ4v) is 4.63. The molecule has 1 fully saturated rings. The van der Waals surface area contributed by atoms with Crippen LogP contribution in [0.1, 0.15) is 31.7 Å². The van der Waals surface area contributed by atoms with E-state index in [9.17, 15) is 0 Å². The molecule has 0 N–H and O–H groups in total. The molecule has 3 aromatic rings. The van der Waals surface area contributed by atoms with Gasteiger partial charge in [0.1, 0.15) is 9.86 Å². The normalized spacial score (nSPS) is 16.0. The summed E-state index contributed by atoms with van der Waals surface area (Å²) in [6, 6.07) is 2.40. The van der Waals surface area contributed by atoms with E-state index in [4.69, 9.17) is 11.6 Å². The minimum Gasteiger partial charge on any atom is -0.217 e. The summed E-state index contributed by atoms with van der Waals surface area (Å²) in [6.07, 6.45) is 4.75. The van der Waals surface area contributed by atoms with Crippen LogP contribution in [-0.4, -0.2) is 30.2 Å². The second kappa shape index (κ2) is 5.51. The first-order chi connectivity index (χ1) is 10.3. The minimum atomic E-state index is 0.257. The van der Waals surface area contributed by atoms with E-state index in [1.807, 2.05) is 16.1 Å². The molecule has 0 unspecified atom stereocenters. The molecule has 0 aliphatic heterocycles. The van der Waals surface area contributed by atoms with Gasteiger partial charge in [-0.1, -0.05) is 12.8 Å². The molecule has 3 aromatic heterocycles. The molecule has 0 aromatic carbocycles. The molecule has 0 amide bonds. The SMILES string of the molecule is Clc1nc(Sc2nnnn2C2CCCC2)c2ccsc2n1. The zero-order chi connectivity index (χ0) is 14.2. The Labute approximate surface area is 133 Å². The fourth-order valence-electron chi connectivity index (χ4n) is 2.60. The maximum atomic E-state index is 6.00. The van der Waals surface area contributed by atoms with Gasteiger partial charge in [-0.3, -0.25) is 0 Å². The Kier molecular flexibility index (Phi) is 3.52.